The molecule has 1 aliphatic rings. The van der Waals surface area contributed by atoms with Gasteiger partial charge < -0.3 is 4.74 Å². The molecule has 156 valence electrons. The summed E-state index contributed by atoms with van der Waals surface area (Å²) in [6.45, 7) is 3.94. The Morgan fingerprint density at radius 1 is 1.07 bits per heavy atom. The van der Waals surface area contributed by atoms with Gasteiger partial charge in [-0.2, -0.15) is 0 Å². The summed E-state index contributed by atoms with van der Waals surface area (Å²) in [6.07, 6.45) is 1.08. The Kier molecular flexibility index (Phi) is 5.52. The molecule has 0 aromatic heterocycles. The highest BCUT2D eigenvalue weighted by Gasteiger charge is 2.28. The van der Waals surface area contributed by atoms with Crippen molar-refractivity contribution in [3.63, 3.8) is 0 Å². The lowest BCUT2D eigenvalue weighted by Crippen LogP contribution is -2.30. The smallest absolute Gasteiger partial charge is 0.264 e. The largest absolute Gasteiger partial charge is 0.486 e. The molecule has 0 N–H and O–H groups in total. The second-order valence-electron chi connectivity index (χ2n) is 7.44. The number of benzene rings is 3. The van der Waals surface area contributed by atoms with E-state index in [1.54, 1.807) is 55.5 Å². The lowest BCUT2D eigenvalue weighted by atomic mass is 10.1. The van der Waals surface area contributed by atoms with Crippen LogP contribution in [0.25, 0.3) is 0 Å². The van der Waals surface area contributed by atoms with E-state index >= 15 is 0 Å². The summed E-state index contributed by atoms with van der Waals surface area (Å²) < 4.78 is 48.2. The molecule has 0 spiro atoms. The molecule has 0 heterocycles. The van der Waals surface area contributed by atoms with Gasteiger partial charge in [0.1, 0.15) is 17.7 Å². The first-order valence-electron chi connectivity index (χ1n) is 10.0. The molecule has 0 saturated heterocycles. The molecule has 3 aromatic carbocycles. The van der Waals surface area contributed by atoms with Crippen molar-refractivity contribution in [1.29, 1.82) is 0 Å². The number of hydrogen-bond acceptors (Lipinski definition) is 3. The number of nitrogens with zero attached hydrogens (tertiary/aromatic N) is 1. The zero-order chi connectivity index (χ0) is 21.3. The van der Waals surface area contributed by atoms with E-state index in [0.29, 0.717) is 23.4 Å². The van der Waals surface area contributed by atoms with Crippen LogP contribution in [0.3, 0.4) is 0 Å². The normalized spacial score (nSPS) is 15.6. The zero-order valence-electron chi connectivity index (χ0n) is 17.0. The Labute approximate surface area is 177 Å². The minimum Gasteiger partial charge on any atom is -0.486 e. The van der Waals surface area contributed by atoms with Crippen molar-refractivity contribution in [2.45, 2.75) is 37.7 Å². The summed E-state index contributed by atoms with van der Waals surface area (Å²) in [6, 6.07) is 18.9. The van der Waals surface area contributed by atoms with Crippen molar-refractivity contribution in [2.75, 3.05) is 10.8 Å². The molecule has 0 saturated carbocycles. The van der Waals surface area contributed by atoms with Gasteiger partial charge in [-0.05, 0) is 68.1 Å². The van der Waals surface area contributed by atoms with E-state index < -0.39 is 10.0 Å². The van der Waals surface area contributed by atoms with Crippen molar-refractivity contribution >= 4 is 15.7 Å². The van der Waals surface area contributed by atoms with Crippen molar-refractivity contribution in [3.8, 4) is 5.75 Å². The lowest BCUT2D eigenvalue weighted by molar-refractivity contribution is 0.203. The predicted octanol–water partition coefficient (Wildman–Crippen LogP) is 5.42. The quantitative estimate of drug-likeness (QED) is 0.530. The van der Waals surface area contributed by atoms with Crippen LogP contribution in [-0.4, -0.2) is 15.0 Å². The first kappa shape index (κ1) is 20.4. The second kappa shape index (κ2) is 8.11. The SMILES string of the molecule is CCN(c1cccc(OC2CCc3cccc(F)c32)c1)S(=O)(=O)c1cccc(C)c1. The lowest BCUT2D eigenvalue weighted by Gasteiger charge is -2.24. The van der Waals surface area contributed by atoms with E-state index in [1.807, 2.05) is 19.1 Å². The van der Waals surface area contributed by atoms with Gasteiger partial charge in [-0.3, -0.25) is 4.31 Å². The molecule has 4 nitrogen and oxygen atoms in total. The Balaban J connectivity index is 1.63. The van der Waals surface area contributed by atoms with Crippen LogP contribution >= 0.6 is 0 Å². The van der Waals surface area contributed by atoms with Gasteiger partial charge >= 0.3 is 0 Å². The number of ether oxygens (including phenoxy) is 1. The van der Waals surface area contributed by atoms with Crippen LogP contribution < -0.4 is 9.04 Å². The first-order chi connectivity index (χ1) is 14.4. The maximum absolute atomic E-state index is 14.3. The Morgan fingerprint density at radius 3 is 2.60 bits per heavy atom. The summed E-state index contributed by atoms with van der Waals surface area (Å²) in [5, 5.41) is 0. The monoisotopic (exact) mass is 425 g/mol. The molecule has 3 aromatic rings. The molecule has 0 fully saturated rings. The maximum atomic E-state index is 14.3. The molecule has 0 amide bonds. The average molecular weight is 426 g/mol. The van der Waals surface area contributed by atoms with Crippen molar-refractivity contribution < 1.29 is 17.5 Å². The predicted molar refractivity (Wildman–Crippen MR) is 116 cm³/mol. The van der Waals surface area contributed by atoms with E-state index in [-0.39, 0.29) is 23.4 Å². The highest BCUT2D eigenvalue weighted by atomic mass is 32.2. The van der Waals surface area contributed by atoms with Gasteiger partial charge in [0.2, 0.25) is 0 Å². The molecule has 1 atom stereocenters. The van der Waals surface area contributed by atoms with E-state index in [0.717, 1.165) is 17.5 Å². The van der Waals surface area contributed by atoms with Gasteiger partial charge in [-0.1, -0.05) is 30.3 Å². The molecule has 6 heteroatoms. The van der Waals surface area contributed by atoms with Crippen LogP contribution in [0.15, 0.2) is 71.6 Å². The second-order valence-corrected chi connectivity index (χ2v) is 9.30. The van der Waals surface area contributed by atoms with Crippen LogP contribution in [0.4, 0.5) is 10.1 Å². The molecular weight excluding hydrogens is 401 g/mol. The fraction of sp³-hybridized carbons (Fsp3) is 0.250. The molecular formula is C24H24FNO3S. The Morgan fingerprint density at radius 2 is 1.83 bits per heavy atom. The third-order valence-corrected chi connectivity index (χ3v) is 7.29. The Bertz CT molecular complexity index is 1180. The molecule has 30 heavy (non-hydrogen) atoms. The number of hydrogen-bond donors (Lipinski definition) is 0. The molecule has 0 aliphatic heterocycles. The summed E-state index contributed by atoms with van der Waals surface area (Å²) in [5.74, 6) is 0.259. The van der Waals surface area contributed by atoms with E-state index in [4.69, 9.17) is 4.74 Å². The number of anilines is 1. The molecule has 0 bridgehead atoms. The van der Waals surface area contributed by atoms with Crippen LogP contribution in [0, 0.1) is 12.7 Å². The number of fused-ring (bicyclic) bond motifs is 1. The molecule has 4 rings (SSSR count). The van der Waals surface area contributed by atoms with Crippen molar-refractivity contribution in [2.24, 2.45) is 0 Å². The van der Waals surface area contributed by atoms with Gasteiger partial charge in [0.25, 0.3) is 10.0 Å². The maximum Gasteiger partial charge on any atom is 0.264 e. The third-order valence-electron chi connectivity index (χ3n) is 5.39. The average Bonchev–Trinajstić information content (AvgIpc) is 3.13. The van der Waals surface area contributed by atoms with Crippen LogP contribution in [0.2, 0.25) is 0 Å². The fourth-order valence-corrected chi connectivity index (χ4v) is 5.55. The van der Waals surface area contributed by atoms with Crippen LogP contribution in [0.1, 0.15) is 36.1 Å². The minimum absolute atomic E-state index is 0.252. The summed E-state index contributed by atoms with van der Waals surface area (Å²) in [4.78, 5) is 0.252. The molecule has 1 unspecified atom stereocenters. The minimum atomic E-state index is -3.71. The van der Waals surface area contributed by atoms with Gasteiger partial charge in [-0.15, -0.1) is 0 Å². The number of halogens is 1. The van der Waals surface area contributed by atoms with Gasteiger partial charge in [0.15, 0.2) is 0 Å². The standard InChI is InChI=1S/C24H24FNO3S/c1-3-26(30(27,28)21-11-4-7-17(2)15-21)19-9-6-10-20(16-19)29-23-14-13-18-8-5-12-22(25)24(18)23/h4-12,15-16,23H,3,13-14H2,1-2H3. The van der Waals surface area contributed by atoms with Gasteiger partial charge in [0.05, 0.1) is 10.6 Å². The van der Waals surface area contributed by atoms with E-state index in [1.165, 1.54) is 10.4 Å². The van der Waals surface area contributed by atoms with Crippen molar-refractivity contribution in [3.05, 3.63) is 89.2 Å². The van der Waals surface area contributed by atoms with Gasteiger partial charge in [0, 0.05) is 18.2 Å². The summed E-state index contributed by atoms with van der Waals surface area (Å²) >= 11 is 0. The highest BCUT2D eigenvalue weighted by molar-refractivity contribution is 7.92. The summed E-state index contributed by atoms with van der Waals surface area (Å²) in [5.41, 5.74) is 2.96. The van der Waals surface area contributed by atoms with Crippen molar-refractivity contribution in [1.82, 2.24) is 0 Å². The van der Waals surface area contributed by atoms with E-state index in [2.05, 4.69) is 0 Å². The Hall–Kier alpha value is -2.86. The van der Waals surface area contributed by atoms with Gasteiger partial charge in [-0.25, -0.2) is 12.8 Å². The third kappa shape index (κ3) is 3.79. The number of sulfonamides is 1. The number of rotatable bonds is 6. The zero-order valence-corrected chi connectivity index (χ0v) is 17.8. The number of aryl methyl sites for hydroxylation is 2. The summed E-state index contributed by atoms with van der Waals surface area (Å²) in [7, 11) is -3.71. The molecule has 1 aliphatic carbocycles. The van der Waals surface area contributed by atoms with Crippen LogP contribution in [-0.2, 0) is 16.4 Å². The van der Waals surface area contributed by atoms with Crippen LogP contribution in [0.5, 0.6) is 5.75 Å². The first-order valence-corrected chi connectivity index (χ1v) is 11.5. The molecule has 0 radical (unpaired) electrons. The fourth-order valence-electron chi connectivity index (χ4n) is 3.98. The highest BCUT2D eigenvalue weighted by Crippen LogP contribution is 2.37. The van der Waals surface area contributed by atoms with E-state index in [9.17, 15) is 12.8 Å². The topological polar surface area (TPSA) is 46.6 Å².